The molecule has 0 aromatic heterocycles. The first-order valence-corrected chi connectivity index (χ1v) is 9.47. The zero-order valence-electron chi connectivity index (χ0n) is 15.3. The summed E-state index contributed by atoms with van der Waals surface area (Å²) < 4.78 is 0. The number of hydrogen-bond acceptors (Lipinski definition) is 3. The lowest BCUT2D eigenvalue weighted by atomic mass is 9.95. The van der Waals surface area contributed by atoms with Gasteiger partial charge in [0.2, 0.25) is 0 Å². The predicted molar refractivity (Wildman–Crippen MR) is 103 cm³/mol. The fourth-order valence-corrected chi connectivity index (χ4v) is 3.97. The van der Waals surface area contributed by atoms with Gasteiger partial charge in [0.25, 0.3) is 0 Å². The Morgan fingerprint density at radius 3 is 2.20 bits per heavy atom. The molecule has 1 aliphatic heterocycles. The van der Waals surface area contributed by atoms with Crippen LogP contribution in [0.4, 0.5) is 0 Å². The van der Waals surface area contributed by atoms with Crippen LogP contribution < -0.4 is 5.32 Å². The van der Waals surface area contributed by atoms with Gasteiger partial charge in [-0.3, -0.25) is 4.90 Å². The van der Waals surface area contributed by atoms with Crippen molar-refractivity contribution in [3.05, 3.63) is 71.8 Å². The van der Waals surface area contributed by atoms with Gasteiger partial charge in [-0.2, -0.15) is 0 Å². The summed E-state index contributed by atoms with van der Waals surface area (Å²) >= 11 is 0. The molecular weight excluding hydrogens is 308 g/mol. The minimum absolute atomic E-state index is 0.153. The van der Waals surface area contributed by atoms with Crippen molar-refractivity contribution in [2.24, 2.45) is 0 Å². The van der Waals surface area contributed by atoms with Crippen LogP contribution in [0.5, 0.6) is 0 Å². The number of benzene rings is 2. The maximum absolute atomic E-state index is 10.7. The minimum atomic E-state index is -0.335. The molecule has 2 aromatic rings. The molecule has 134 valence electrons. The number of β-amino-alcohol motifs (C(OH)–C–C–N with tert-alkyl or cyclic N) is 1. The second kappa shape index (κ2) is 8.61. The number of rotatable bonds is 6. The van der Waals surface area contributed by atoms with Crippen molar-refractivity contribution < 1.29 is 5.11 Å². The monoisotopic (exact) mass is 338 g/mol. The molecule has 1 aliphatic rings. The Morgan fingerprint density at radius 1 is 1.04 bits per heavy atom. The average Bonchev–Trinajstić information content (AvgIpc) is 2.66. The molecule has 0 radical (unpaired) electrons. The molecule has 25 heavy (non-hydrogen) atoms. The fraction of sp³-hybridized carbons (Fsp3) is 0.455. The number of nitrogens with one attached hydrogen (secondary N) is 1. The standard InChI is InChI=1S/C22H30N2O/c1-3-21(19-12-8-5-9-13-19)24-15-14-20(22(25)16-24)23-17(2)18-10-6-4-7-11-18/h4-13,17,20-23,25H,3,14-16H2,1-2H3/t17?,20-,21?,22-/m0/s1. The van der Waals surface area contributed by atoms with E-state index in [-0.39, 0.29) is 18.2 Å². The number of likely N-dealkylation sites (tertiary alicyclic amines) is 1. The first kappa shape index (κ1) is 18.1. The predicted octanol–water partition coefficient (Wildman–Crippen LogP) is 3.92. The zero-order chi connectivity index (χ0) is 17.6. The molecule has 4 atom stereocenters. The van der Waals surface area contributed by atoms with Crippen molar-refractivity contribution in [3.63, 3.8) is 0 Å². The van der Waals surface area contributed by atoms with Gasteiger partial charge in [-0.15, -0.1) is 0 Å². The molecule has 2 N–H and O–H groups in total. The molecule has 0 amide bonds. The minimum Gasteiger partial charge on any atom is -0.390 e. The van der Waals surface area contributed by atoms with Crippen molar-refractivity contribution in [2.75, 3.05) is 13.1 Å². The van der Waals surface area contributed by atoms with Crippen LogP contribution in [-0.2, 0) is 0 Å². The van der Waals surface area contributed by atoms with E-state index in [0.29, 0.717) is 6.04 Å². The molecule has 1 heterocycles. The van der Waals surface area contributed by atoms with E-state index in [0.717, 1.165) is 25.9 Å². The zero-order valence-corrected chi connectivity index (χ0v) is 15.3. The van der Waals surface area contributed by atoms with Crippen LogP contribution in [0.1, 0.15) is 49.9 Å². The third-order valence-electron chi connectivity index (χ3n) is 5.39. The molecule has 2 unspecified atom stereocenters. The summed E-state index contributed by atoms with van der Waals surface area (Å²) in [5.74, 6) is 0. The van der Waals surface area contributed by atoms with E-state index >= 15 is 0 Å². The highest BCUT2D eigenvalue weighted by atomic mass is 16.3. The molecular formula is C22H30N2O. The van der Waals surface area contributed by atoms with Gasteiger partial charge in [-0.1, -0.05) is 67.6 Å². The maximum Gasteiger partial charge on any atom is 0.0820 e. The Morgan fingerprint density at radius 2 is 1.64 bits per heavy atom. The third-order valence-corrected chi connectivity index (χ3v) is 5.39. The maximum atomic E-state index is 10.7. The summed E-state index contributed by atoms with van der Waals surface area (Å²) in [5.41, 5.74) is 2.62. The number of nitrogens with zero attached hydrogens (tertiary/aromatic N) is 1. The first-order valence-electron chi connectivity index (χ1n) is 9.47. The van der Waals surface area contributed by atoms with E-state index in [1.54, 1.807) is 0 Å². The Bertz CT molecular complexity index is 631. The van der Waals surface area contributed by atoms with E-state index in [1.165, 1.54) is 11.1 Å². The van der Waals surface area contributed by atoms with Crippen LogP contribution >= 0.6 is 0 Å². The normalized spacial score (nSPS) is 24.0. The summed E-state index contributed by atoms with van der Waals surface area (Å²) in [6, 6.07) is 21.9. The first-order chi connectivity index (χ1) is 12.2. The smallest absolute Gasteiger partial charge is 0.0820 e. The molecule has 0 aliphatic carbocycles. The highest BCUT2D eigenvalue weighted by Crippen LogP contribution is 2.28. The summed E-state index contributed by atoms with van der Waals surface area (Å²) in [5, 5.41) is 14.3. The van der Waals surface area contributed by atoms with Gasteiger partial charge in [-0.25, -0.2) is 0 Å². The third kappa shape index (κ3) is 4.49. The highest BCUT2D eigenvalue weighted by molar-refractivity contribution is 5.20. The van der Waals surface area contributed by atoms with E-state index < -0.39 is 0 Å². The number of piperidine rings is 1. The van der Waals surface area contributed by atoms with Crippen LogP contribution in [0.25, 0.3) is 0 Å². The quantitative estimate of drug-likeness (QED) is 0.838. The van der Waals surface area contributed by atoms with Gasteiger partial charge in [0.15, 0.2) is 0 Å². The lowest BCUT2D eigenvalue weighted by molar-refractivity contribution is 0.0161. The van der Waals surface area contributed by atoms with Gasteiger partial charge in [0, 0.05) is 31.2 Å². The van der Waals surface area contributed by atoms with Gasteiger partial charge < -0.3 is 10.4 Å². The van der Waals surface area contributed by atoms with Crippen LogP contribution in [-0.4, -0.2) is 35.2 Å². The van der Waals surface area contributed by atoms with E-state index in [4.69, 9.17) is 0 Å². The highest BCUT2D eigenvalue weighted by Gasteiger charge is 2.32. The van der Waals surface area contributed by atoms with Gasteiger partial charge in [-0.05, 0) is 30.9 Å². The van der Waals surface area contributed by atoms with Crippen LogP contribution in [0.2, 0.25) is 0 Å². The van der Waals surface area contributed by atoms with Crippen LogP contribution in [0.3, 0.4) is 0 Å². The van der Waals surface area contributed by atoms with Gasteiger partial charge in [0.05, 0.1) is 6.10 Å². The Labute approximate surface area is 151 Å². The lowest BCUT2D eigenvalue weighted by Crippen LogP contribution is -2.53. The molecule has 3 heteroatoms. The largest absolute Gasteiger partial charge is 0.390 e. The number of hydrogen-bond donors (Lipinski definition) is 2. The number of aliphatic hydroxyl groups is 1. The summed E-state index contributed by atoms with van der Waals surface area (Å²) in [4.78, 5) is 2.44. The summed E-state index contributed by atoms with van der Waals surface area (Å²) in [6.45, 7) is 6.15. The number of aliphatic hydroxyl groups excluding tert-OH is 1. The molecule has 1 saturated heterocycles. The van der Waals surface area contributed by atoms with E-state index in [1.807, 2.05) is 6.07 Å². The van der Waals surface area contributed by atoms with Crippen molar-refractivity contribution in [1.29, 1.82) is 0 Å². The second-order valence-corrected chi connectivity index (χ2v) is 7.09. The molecule has 2 aromatic carbocycles. The lowest BCUT2D eigenvalue weighted by Gasteiger charge is -2.41. The van der Waals surface area contributed by atoms with Crippen LogP contribution in [0, 0.1) is 0 Å². The van der Waals surface area contributed by atoms with Crippen molar-refractivity contribution in [3.8, 4) is 0 Å². The van der Waals surface area contributed by atoms with Crippen molar-refractivity contribution in [1.82, 2.24) is 10.2 Å². The molecule has 0 spiro atoms. The Balaban J connectivity index is 1.60. The molecule has 0 bridgehead atoms. The average molecular weight is 338 g/mol. The second-order valence-electron chi connectivity index (χ2n) is 7.09. The van der Waals surface area contributed by atoms with Crippen molar-refractivity contribution in [2.45, 2.75) is 50.9 Å². The summed E-state index contributed by atoms with van der Waals surface area (Å²) in [7, 11) is 0. The molecule has 3 rings (SSSR count). The van der Waals surface area contributed by atoms with Gasteiger partial charge >= 0.3 is 0 Å². The Hall–Kier alpha value is -1.68. The molecule has 0 saturated carbocycles. The SMILES string of the molecule is CCC(c1ccccc1)N1CC[C@H](NC(C)c2ccccc2)[C@@H](O)C1. The molecule has 3 nitrogen and oxygen atoms in total. The summed E-state index contributed by atoms with van der Waals surface area (Å²) in [6.07, 6.45) is 1.70. The topological polar surface area (TPSA) is 35.5 Å². The van der Waals surface area contributed by atoms with Crippen molar-refractivity contribution >= 4 is 0 Å². The van der Waals surface area contributed by atoms with Crippen LogP contribution in [0.15, 0.2) is 60.7 Å². The van der Waals surface area contributed by atoms with E-state index in [9.17, 15) is 5.11 Å². The Kier molecular flexibility index (Phi) is 6.24. The fourth-order valence-electron chi connectivity index (χ4n) is 3.97. The molecule has 1 fully saturated rings. The van der Waals surface area contributed by atoms with E-state index in [2.05, 4.69) is 78.7 Å². The van der Waals surface area contributed by atoms with Gasteiger partial charge in [0.1, 0.15) is 0 Å².